The number of aliphatic hydroxyl groups is 1. The van der Waals surface area contributed by atoms with Crippen LogP contribution in [-0.4, -0.2) is 75.1 Å². The number of hydrogen-bond acceptors (Lipinski definition) is 6. The average molecular weight is 479 g/mol. The number of fused-ring (bicyclic) bond motifs is 2. The first-order valence-electron chi connectivity index (χ1n) is 11.9. The summed E-state index contributed by atoms with van der Waals surface area (Å²) in [4.78, 5) is 14.9. The maximum Gasteiger partial charge on any atom is 0.215 e. The fourth-order valence-electron chi connectivity index (χ4n) is 6.67. The Labute approximate surface area is 198 Å². The van der Waals surface area contributed by atoms with E-state index >= 15 is 0 Å². The van der Waals surface area contributed by atoms with E-state index < -0.39 is 21.0 Å². The number of Topliss-reactive ketones (excluding diaryl/α,β-unsaturated/α-hetero) is 1. The topological polar surface area (TPSA) is 87.1 Å². The van der Waals surface area contributed by atoms with Crippen molar-refractivity contribution >= 4 is 15.8 Å². The minimum atomic E-state index is -3.67. The second kappa shape index (κ2) is 8.33. The molecule has 3 aliphatic rings. The van der Waals surface area contributed by atoms with Crippen molar-refractivity contribution in [1.82, 2.24) is 9.21 Å². The summed E-state index contributed by atoms with van der Waals surface area (Å²) in [6.45, 7) is 5.13. The fourth-order valence-corrected chi connectivity index (χ4v) is 8.93. The molecule has 1 aromatic rings. The number of ether oxygens (including phenoxy) is 1. The van der Waals surface area contributed by atoms with Crippen LogP contribution >= 0.6 is 0 Å². The van der Waals surface area contributed by atoms with Crippen LogP contribution in [0.15, 0.2) is 24.3 Å². The molecule has 4 atom stereocenters. The third-order valence-electron chi connectivity index (χ3n) is 8.96. The first-order valence-corrected chi connectivity index (χ1v) is 13.5. The standard InChI is InChI=1S/C25H38N2O5S/c1-23(2)18-9-10-24(23,22(28)14-18)17-33(30,31)27-12-11-25(29,20(16-27)15-26(3)4)19-7-6-8-21(13-19)32-5/h6-8,13,18,20,29H,9-12,14-17H2,1-5H3/t18?,20?,24-,25?/m1/s1. The van der Waals surface area contributed by atoms with Crippen molar-refractivity contribution in [2.75, 3.05) is 46.6 Å². The van der Waals surface area contributed by atoms with Crippen LogP contribution in [0.3, 0.4) is 0 Å². The van der Waals surface area contributed by atoms with Gasteiger partial charge in [0.15, 0.2) is 0 Å². The molecular formula is C25H38N2O5S. The number of methoxy groups -OCH3 is 1. The normalized spacial score (nSPS) is 34.2. The summed E-state index contributed by atoms with van der Waals surface area (Å²) in [5.41, 5.74) is -1.50. The number of ketones is 1. The Morgan fingerprint density at radius 1 is 1.24 bits per heavy atom. The summed E-state index contributed by atoms with van der Waals surface area (Å²) in [6, 6.07) is 7.41. The van der Waals surface area contributed by atoms with Crippen LogP contribution in [0.5, 0.6) is 5.75 Å². The Bertz CT molecular complexity index is 1020. The lowest BCUT2D eigenvalue weighted by Crippen LogP contribution is -2.56. The Kier molecular flexibility index (Phi) is 6.22. The first kappa shape index (κ1) is 24.6. The molecule has 0 spiro atoms. The number of nitrogens with zero attached hydrogens (tertiary/aromatic N) is 2. The summed E-state index contributed by atoms with van der Waals surface area (Å²) >= 11 is 0. The Morgan fingerprint density at radius 2 is 1.97 bits per heavy atom. The molecule has 7 nitrogen and oxygen atoms in total. The van der Waals surface area contributed by atoms with Crippen molar-refractivity contribution in [2.45, 2.75) is 45.1 Å². The molecule has 1 heterocycles. The zero-order chi connectivity index (χ0) is 24.2. The third-order valence-corrected chi connectivity index (χ3v) is 10.9. The van der Waals surface area contributed by atoms with Crippen LogP contribution in [0.25, 0.3) is 0 Å². The average Bonchev–Trinajstić information content (AvgIpc) is 3.09. The summed E-state index contributed by atoms with van der Waals surface area (Å²) in [5.74, 6) is 0.623. The van der Waals surface area contributed by atoms with Gasteiger partial charge in [0.2, 0.25) is 10.0 Å². The zero-order valence-corrected chi connectivity index (χ0v) is 21.3. The van der Waals surface area contributed by atoms with Crippen LogP contribution in [0.2, 0.25) is 0 Å². The second-order valence-electron chi connectivity index (χ2n) is 11.1. The molecule has 2 bridgehead atoms. The van der Waals surface area contributed by atoms with E-state index in [0.29, 0.717) is 31.6 Å². The zero-order valence-electron chi connectivity index (χ0n) is 20.5. The molecule has 0 aromatic heterocycles. The summed E-state index contributed by atoms with van der Waals surface area (Å²) in [5, 5.41) is 11.8. The van der Waals surface area contributed by atoms with Crippen molar-refractivity contribution in [3.05, 3.63) is 29.8 Å². The van der Waals surface area contributed by atoms with Crippen LogP contribution in [0, 0.1) is 22.7 Å². The predicted molar refractivity (Wildman–Crippen MR) is 127 cm³/mol. The van der Waals surface area contributed by atoms with E-state index in [9.17, 15) is 18.3 Å². The van der Waals surface area contributed by atoms with Crippen LogP contribution in [0.4, 0.5) is 0 Å². The van der Waals surface area contributed by atoms with Crippen LogP contribution < -0.4 is 4.74 Å². The SMILES string of the molecule is COc1cccc(C2(O)CCN(S(=O)(=O)C[C@]34CCC(CC3=O)C4(C)C)CC2CN(C)C)c1. The molecule has 3 unspecified atom stereocenters. The van der Waals surface area contributed by atoms with E-state index in [0.717, 1.165) is 12.0 Å². The van der Waals surface area contributed by atoms with Gasteiger partial charge in [0.25, 0.3) is 0 Å². The number of benzene rings is 1. The molecule has 0 radical (unpaired) electrons. The maximum absolute atomic E-state index is 13.7. The van der Waals surface area contributed by atoms with Gasteiger partial charge in [-0.25, -0.2) is 12.7 Å². The molecule has 33 heavy (non-hydrogen) atoms. The van der Waals surface area contributed by atoms with Gasteiger partial charge in [0, 0.05) is 37.4 Å². The van der Waals surface area contributed by atoms with E-state index in [-0.39, 0.29) is 41.9 Å². The lowest BCUT2D eigenvalue weighted by atomic mass is 9.70. The van der Waals surface area contributed by atoms with E-state index in [1.54, 1.807) is 7.11 Å². The highest BCUT2D eigenvalue weighted by Crippen LogP contribution is 2.64. The fraction of sp³-hybridized carbons (Fsp3) is 0.720. The first-order chi connectivity index (χ1) is 15.4. The van der Waals surface area contributed by atoms with Gasteiger partial charge in [0.05, 0.1) is 18.5 Å². The highest BCUT2D eigenvalue weighted by atomic mass is 32.2. The molecule has 2 saturated carbocycles. The number of hydrogen-bond donors (Lipinski definition) is 1. The summed E-state index contributed by atoms with van der Waals surface area (Å²) < 4.78 is 34.3. The van der Waals surface area contributed by atoms with Crippen molar-refractivity contribution in [3.8, 4) is 5.75 Å². The molecule has 1 aliphatic heterocycles. The Hall–Kier alpha value is -1.48. The van der Waals surface area contributed by atoms with Gasteiger partial charge in [-0.3, -0.25) is 4.79 Å². The quantitative estimate of drug-likeness (QED) is 0.648. The molecule has 1 N–H and O–H groups in total. The minimum Gasteiger partial charge on any atom is -0.497 e. The molecule has 2 aliphatic carbocycles. The van der Waals surface area contributed by atoms with Gasteiger partial charge in [0.1, 0.15) is 11.5 Å². The van der Waals surface area contributed by atoms with E-state index in [1.807, 2.05) is 43.3 Å². The van der Waals surface area contributed by atoms with Crippen molar-refractivity contribution in [2.24, 2.45) is 22.7 Å². The second-order valence-corrected chi connectivity index (χ2v) is 13.1. The highest BCUT2D eigenvalue weighted by molar-refractivity contribution is 7.89. The van der Waals surface area contributed by atoms with Gasteiger partial charge < -0.3 is 14.7 Å². The van der Waals surface area contributed by atoms with Crippen molar-refractivity contribution in [1.29, 1.82) is 0 Å². The minimum absolute atomic E-state index is 0.113. The van der Waals surface area contributed by atoms with Crippen molar-refractivity contribution in [3.63, 3.8) is 0 Å². The monoisotopic (exact) mass is 478 g/mol. The Morgan fingerprint density at radius 3 is 2.55 bits per heavy atom. The molecule has 1 saturated heterocycles. The smallest absolute Gasteiger partial charge is 0.215 e. The van der Waals surface area contributed by atoms with Crippen molar-refractivity contribution < 1.29 is 23.1 Å². The molecule has 4 rings (SSSR count). The number of sulfonamides is 1. The largest absolute Gasteiger partial charge is 0.497 e. The molecule has 1 aromatic carbocycles. The molecule has 0 amide bonds. The van der Waals surface area contributed by atoms with Gasteiger partial charge in [-0.15, -0.1) is 0 Å². The maximum atomic E-state index is 13.7. The molecular weight excluding hydrogens is 440 g/mol. The van der Waals surface area contributed by atoms with Crippen LogP contribution in [-0.2, 0) is 20.4 Å². The Balaban J connectivity index is 1.61. The van der Waals surface area contributed by atoms with E-state index in [1.165, 1.54) is 4.31 Å². The van der Waals surface area contributed by atoms with E-state index in [4.69, 9.17) is 4.74 Å². The highest BCUT2D eigenvalue weighted by Gasteiger charge is 2.65. The van der Waals surface area contributed by atoms with Gasteiger partial charge in [-0.1, -0.05) is 26.0 Å². The number of piperidine rings is 1. The predicted octanol–water partition coefficient (Wildman–Crippen LogP) is 2.49. The lowest BCUT2D eigenvalue weighted by Gasteiger charge is -2.46. The molecule has 3 fully saturated rings. The van der Waals surface area contributed by atoms with Gasteiger partial charge >= 0.3 is 0 Å². The summed E-state index contributed by atoms with van der Waals surface area (Å²) in [7, 11) is 1.78. The number of carbonyl (C=O) groups is 1. The lowest BCUT2D eigenvalue weighted by molar-refractivity contribution is -0.128. The molecule has 184 valence electrons. The number of carbonyl (C=O) groups excluding carboxylic acids is 1. The summed E-state index contributed by atoms with van der Waals surface area (Å²) in [6.07, 6.45) is 2.38. The van der Waals surface area contributed by atoms with Gasteiger partial charge in [-0.05, 0) is 62.4 Å². The third kappa shape index (κ3) is 3.93. The molecule has 8 heteroatoms. The van der Waals surface area contributed by atoms with E-state index in [2.05, 4.69) is 13.8 Å². The number of rotatable bonds is 7. The van der Waals surface area contributed by atoms with Crippen LogP contribution in [0.1, 0.15) is 45.1 Å². The van der Waals surface area contributed by atoms with Gasteiger partial charge in [-0.2, -0.15) is 0 Å².